The lowest BCUT2D eigenvalue weighted by Gasteiger charge is -2.08. The molecule has 0 amide bonds. The summed E-state index contributed by atoms with van der Waals surface area (Å²) in [7, 11) is 0. The maximum Gasteiger partial charge on any atom is 0.126 e. The smallest absolute Gasteiger partial charge is 0.126 e. The second-order valence-electron chi connectivity index (χ2n) is 4.55. The molecule has 2 N–H and O–H groups in total. The molecule has 0 radical (unpaired) electrons. The molecule has 108 valence electrons. The molecule has 0 heterocycles. The van der Waals surface area contributed by atoms with Crippen molar-refractivity contribution >= 4 is 0 Å². The van der Waals surface area contributed by atoms with Gasteiger partial charge in [-0.15, -0.1) is 0 Å². The largest absolute Gasteiger partial charge is 0.489 e. The Labute approximate surface area is 122 Å². The van der Waals surface area contributed by atoms with Crippen LogP contribution >= 0.6 is 0 Å². The molecule has 0 saturated carbocycles. The first-order valence-corrected chi connectivity index (χ1v) is 6.46. The van der Waals surface area contributed by atoms with Crippen molar-refractivity contribution in [3.05, 3.63) is 64.7 Å². The maximum atomic E-state index is 13.1. The van der Waals surface area contributed by atoms with Crippen molar-refractivity contribution in [2.45, 2.75) is 13.5 Å². The van der Waals surface area contributed by atoms with Gasteiger partial charge in [-0.2, -0.15) is 0 Å². The van der Waals surface area contributed by atoms with Gasteiger partial charge in [0.15, 0.2) is 0 Å². The zero-order valence-corrected chi connectivity index (χ0v) is 11.6. The van der Waals surface area contributed by atoms with Crippen LogP contribution in [0.25, 0.3) is 0 Å². The molecule has 4 heteroatoms. The fraction of sp³-hybridized carbons (Fsp3) is 0.176. The third kappa shape index (κ3) is 4.30. The van der Waals surface area contributed by atoms with Gasteiger partial charge in [-0.05, 0) is 48.4 Å². The molecule has 2 aromatic rings. The minimum Gasteiger partial charge on any atom is -0.489 e. The van der Waals surface area contributed by atoms with E-state index in [4.69, 9.17) is 10.5 Å². The van der Waals surface area contributed by atoms with Gasteiger partial charge in [0.2, 0.25) is 0 Å². The van der Waals surface area contributed by atoms with Crippen molar-refractivity contribution in [2.75, 3.05) is 6.54 Å². The number of halogens is 2. The highest BCUT2D eigenvalue weighted by molar-refractivity contribution is 5.44. The SMILES string of the molecule is Cc1cc(OCc2cc(F)cc(F)c2)ccc1C#CCN. The summed E-state index contributed by atoms with van der Waals surface area (Å²) in [4.78, 5) is 0. The fourth-order valence-corrected chi connectivity index (χ4v) is 1.87. The Bertz CT molecular complexity index is 681. The normalized spacial score (nSPS) is 9.90. The number of aryl methyl sites for hydroxylation is 1. The van der Waals surface area contributed by atoms with Crippen LogP contribution in [0.4, 0.5) is 8.78 Å². The monoisotopic (exact) mass is 287 g/mol. The average Bonchev–Trinajstić information content (AvgIpc) is 2.43. The summed E-state index contributed by atoms with van der Waals surface area (Å²) in [6.07, 6.45) is 0. The average molecular weight is 287 g/mol. The van der Waals surface area contributed by atoms with Gasteiger partial charge in [0.05, 0.1) is 6.54 Å². The van der Waals surface area contributed by atoms with Crippen LogP contribution < -0.4 is 10.5 Å². The van der Waals surface area contributed by atoms with Crippen LogP contribution in [-0.2, 0) is 6.61 Å². The third-order valence-electron chi connectivity index (χ3n) is 2.85. The van der Waals surface area contributed by atoms with E-state index in [1.807, 2.05) is 19.1 Å². The first-order valence-electron chi connectivity index (χ1n) is 6.46. The van der Waals surface area contributed by atoms with E-state index in [9.17, 15) is 8.78 Å². The molecule has 0 aliphatic carbocycles. The Morgan fingerprint density at radius 2 is 1.81 bits per heavy atom. The van der Waals surface area contributed by atoms with Gasteiger partial charge in [0.25, 0.3) is 0 Å². The molecule has 0 bridgehead atoms. The van der Waals surface area contributed by atoms with Gasteiger partial charge < -0.3 is 10.5 Å². The van der Waals surface area contributed by atoms with E-state index in [2.05, 4.69) is 11.8 Å². The minimum absolute atomic E-state index is 0.0992. The van der Waals surface area contributed by atoms with Crippen molar-refractivity contribution in [1.82, 2.24) is 0 Å². The van der Waals surface area contributed by atoms with Crippen molar-refractivity contribution in [3.8, 4) is 17.6 Å². The van der Waals surface area contributed by atoms with E-state index in [0.29, 0.717) is 17.9 Å². The molecule has 0 atom stereocenters. The molecule has 0 aromatic heterocycles. The summed E-state index contributed by atoms with van der Waals surface area (Å²) in [5.41, 5.74) is 7.61. The lowest BCUT2D eigenvalue weighted by molar-refractivity contribution is 0.304. The van der Waals surface area contributed by atoms with Gasteiger partial charge in [-0.25, -0.2) is 8.78 Å². The molecule has 0 saturated heterocycles. The quantitative estimate of drug-likeness (QED) is 0.880. The highest BCUT2D eigenvalue weighted by Crippen LogP contribution is 2.18. The van der Waals surface area contributed by atoms with E-state index in [1.54, 1.807) is 6.07 Å². The van der Waals surface area contributed by atoms with E-state index < -0.39 is 11.6 Å². The summed E-state index contributed by atoms with van der Waals surface area (Å²) in [5.74, 6) is 5.14. The topological polar surface area (TPSA) is 35.2 Å². The van der Waals surface area contributed by atoms with Crippen molar-refractivity contribution in [3.63, 3.8) is 0 Å². The molecular weight excluding hydrogens is 272 g/mol. The zero-order chi connectivity index (χ0) is 15.2. The van der Waals surface area contributed by atoms with E-state index >= 15 is 0 Å². The first kappa shape index (κ1) is 15.0. The van der Waals surface area contributed by atoms with Crippen molar-refractivity contribution in [1.29, 1.82) is 0 Å². The number of hydrogen-bond acceptors (Lipinski definition) is 2. The minimum atomic E-state index is -0.614. The highest BCUT2D eigenvalue weighted by Gasteiger charge is 2.03. The summed E-state index contributed by atoms with van der Waals surface area (Å²) in [6, 6.07) is 8.76. The van der Waals surface area contributed by atoms with Crippen LogP contribution in [0.3, 0.4) is 0 Å². The number of ether oxygens (including phenoxy) is 1. The molecule has 0 spiro atoms. The molecule has 0 fully saturated rings. The summed E-state index contributed by atoms with van der Waals surface area (Å²) >= 11 is 0. The number of rotatable bonds is 3. The van der Waals surface area contributed by atoms with Crippen LogP contribution in [0.2, 0.25) is 0 Å². The molecule has 21 heavy (non-hydrogen) atoms. The van der Waals surface area contributed by atoms with E-state index in [-0.39, 0.29) is 6.61 Å². The summed E-state index contributed by atoms with van der Waals surface area (Å²) in [6.45, 7) is 2.32. The molecule has 0 aliphatic heterocycles. The zero-order valence-electron chi connectivity index (χ0n) is 11.6. The lowest BCUT2D eigenvalue weighted by atomic mass is 10.1. The van der Waals surface area contributed by atoms with E-state index in [1.165, 1.54) is 12.1 Å². The molecular formula is C17H15F2NO. The van der Waals surface area contributed by atoms with Crippen molar-refractivity contribution < 1.29 is 13.5 Å². The van der Waals surface area contributed by atoms with Crippen LogP contribution in [0.1, 0.15) is 16.7 Å². The molecule has 2 nitrogen and oxygen atoms in total. The predicted molar refractivity (Wildman–Crippen MR) is 77.8 cm³/mol. The number of hydrogen-bond donors (Lipinski definition) is 1. The Hall–Kier alpha value is -2.38. The van der Waals surface area contributed by atoms with Crippen LogP contribution in [0, 0.1) is 30.4 Å². The second-order valence-corrected chi connectivity index (χ2v) is 4.55. The van der Waals surface area contributed by atoms with Crippen LogP contribution in [-0.4, -0.2) is 6.54 Å². The van der Waals surface area contributed by atoms with Crippen LogP contribution in [0.15, 0.2) is 36.4 Å². The Morgan fingerprint density at radius 1 is 1.10 bits per heavy atom. The predicted octanol–water partition coefficient (Wildman–Crippen LogP) is 3.16. The Balaban J connectivity index is 2.08. The highest BCUT2D eigenvalue weighted by atomic mass is 19.1. The van der Waals surface area contributed by atoms with Gasteiger partial charge in [-0.3, -0.25) is 0 Å². The second kappa shape index (κ2) is 6.87. The van der Waals surface area contributed by atoms with Gasteiger partial charge in [-0.1, -0.05) is 11.8 Å². The maximum absolute atomic E-state index is 13.1. The molecule has 2 aromatic carbocycles. The lowest BCUT2D eigenvalue weighted by Crippen LogP contribution is -1.98. The third-order valence-corrected chi connectivity index (χ3v) is 2.85. The molecule has 0 aliphatic rings. The summed E-state index contributed by atoms with van der Waals surface area (Å²) in [5, 5.41) is 0. The molecule has 2 rings (SSSR count). The van der Waals surface area contributed by atoms with Gasteiger partial charge in [0, 0.05) is 11.6 Å². The number of nitrogens with two attached hydrogens (primary N) is 1. The Morgan fingerprint density at radius 3 is 2.43 bits per heavy atom. The fourth-order valence-electron chi connectivity index (χ4n) is 1.87. The molecule has 0 unspecified atom stereocenters. The summed E-state index contributed by atoms with van der Waals surface area (Å²) < 4.78 is 31.7. The first-order chi connectivity index (χ1) is 10.1. The Kier molecular flexibility index (Phi) is 4.91. The van der Waals surface area contributed by atoms with E-state index in [0.717, 1.165) is 17.2 Å². The van der Waals surface area contributed by atoms with Crippen LogP contribution in [0.5, 0.6) is 5.75 Å². The van der Waals surface area contributed by atoms with Crippen molar-refractivity contribution in [2.24, 2.45) is 5.73 Å². The standard InChI is InChI=1S/C17H15F2NO/c1-12-7-17(5-4-14(12)3-2-6-20)21-11-13-8-15(18)10-16(19)9-13/h4-5,7-10H,6,11,20H2,1H3. The van der Waals surface area contributed by atoms with Gasteiger partial charge in [0.1, 0.15) is 24.0 Å². The van der Waals surface area contributed by atoms with Gasteiger partial charge >= 0.3 is 0 Å². The number of benzene rings is 2.